The molecule has 0 heterocycles. The van der Waals surface area contributed by atoms with Crippen LogP contribution in [0.4, 0.5) is 0 Å². The smallest absolute Gasteiger partial charge is 0.184 e. The number of hydrogen-bond acceptors (Lipinski definition) is 2. The summed E-state index contributed by atoms with van der Waals surface area (Å²) in [7, 11) is -3.79. The van der Waals surface area contributed by atoms with Gasteiger partial charge in [0.25, 0.3) is 0 Å². The number of nitrogens with zero attached hydrogens (tertiary/aromatic N) is 1. The van der Waals surface area contributed by atoms with Crippen molar-refractivity contribution in [2.75, 3.05) is 0 Å². The summed E-state index contributed by atoms with van der Waals surface area (Å²) >= 11 is 0. The summed E-state index contributed by atoms with van der Waals surface area (Å²) in [6.45, 7) is 22.1. The lowest BCUT2D eigenvalue weighted by Crippen LogP contribution is -2.64. The van der Waals surface area contributed by atoms with Gasteiger partial charge in [0.1, 0.15) is 16.5 Å². The molecule has 0 N–H and O–H groups in total. The molecule has 1 aliphatic carbocycles. The Morgan fingerprint density at radius 3 is 1.40 bits per heavy atom. The molecule has 2 nitrogen and oxygen atoms in total. The second-order valence-corrected chi connectivity index (χ2v) is 23.9. The van der Waals surface area contributed by atoms with Gasteiger partial charge in [-0.05, 0) is 51.4 Å². The molecule has 0 spiro atoms. The highest BCUT2D eigenvalue weighted by Gasteiger charge is 2.40. The van der Waals surface area contributed by atoms with Crippen LogP contribution in [0.3, 0.4) is 0 Å². The summed E-state index contributed by atoms with van der Waals surface area (Å²) in [6, 6.07) is 0.829. The van der Waals surface area contributed by atoms with E-state index in [1.54, 1.807) is 0 Å². The van der Waals surface area contributed by atoms with E-state index in [0.717, 1.165) is 6.04 Å². The van der Waals surface area contributed by atoms with E-state index in [1.165, 1.54) is 25.7 Å². The number of hydrogen-bond donors (Lipinski definition) is 0. The maximum atomic E-state index is 6.32. The third-order valence-electron chi connectivity index (χ3n) is 3.97. The van der Waals surface area contributed by atoms with Gasteiger partial charge in [-0.3, -0.25) is 0 Å². The third kappa shape index (κ3) is 5.75. The van der Waals surface area contributed by atoms with Gasteiger partial charge in [0.05, 0.1) is 0 Å². The van der Waals surface area contributed by atoms with Crippen molar-refractivity contribution in [3.63, 3.8) is 0 Å². The normalized spacial score (nSPS) is 26.1. The van der Waals surface area contributed by atoms with Crippen LogP contribution in [0.5, 0.6) is 0 Å². The molecule has 0 bridgehead atoms. The van der Waals surface area contributed by atoms with Crippen molar-refractivity contribution in [1.82, 2.24) is 4.23 Å². The molecule has 0 aromatic heterocycles. The average molecular weight is 332 g/mol. The second-order valence-electron chi connectivity index (χ2n) is 9.37. The first kappa shape index (κ1) is 18.6. The molecule has 5 heteroatoms. The Labute approximate surface area is 130 Å². The van der Waals surface area contributed by atoms with Gasteiger partial charge in [0.15, 0.2) is 8.32 Å². The zero-order chi connectivity index (χ0) is 15.8. The van der Waals surface area contributed by atoms with E-state index in [0.29, 0.717) is 6.10 Å². The fourth-order valence-electron chi connectivity index (χ4n) is 4.02. The van der Waals surface area contributed by atoms with E-state index in [9.17, 15) is 0 Å². The minimum Gasteiger partial charge on any atom is -0.415 e. The Kier molecular flexibility index (Phi) is 5.92. The van der Waals surface area contributed by atoms with Crippen LogP contribution >= 0.6 is 0 Å². The molecule has 0 aliphatic heterocycles. The minimum absolute atomic E-state index is 0.544. The summed E-state index contributed by atoms with van der Waals surface area (Å²) in [5.74, 6) is 0. The van der Waals surface area contributed by atoms with Crippen molar-refractivity contribution in [1.29, 1.82) is 0 Å². The van der Waals surface area contributed by atoms with Crippen LogP contribution in [-0.2, 0) is 4.43 Å². The van der Waals surface area contributed by atoms with Gasteiger partial charge in [-0.25, -0.2) is 0 Å². The second kappa shape index (κ2) is 6.36. The van der Waals surface area contributed by atoms with E-state index in [1.807, 2.05) is 0 Å². The molecular formula is C15H37NOSi3. The molecule has 0 saturated heterocycles. The van der Waals surface area contributed by atoms with E-state index >= 15 is 0 Å². The predicted octanol–water partition coefficient (Wildman–Crippen LogP) is 5.12. The standard InChI is InChI=1S/C15H37NOSi3/c1-18(2,3)16(19(4,5)6)14-10-12-15(13-11-14)17-20(7,8)9/h14-15H,10-13H2,1-9H3. The average Bonchev–Trinajstić information content (AvgIpc) is 2.14. The fourth-order valence-corrected chi connectivity index (χ4v) is 16.0. The quantitative estimate of drug-likeness (QED) is 0.648. The van der Waals surface area contributed by atoms with Crippen molar-refractivity contribution < 1.29 is 4.43 Å². The number of rotatable bonds is 5. The lowest BCUT2D eigenvalue weighted by Gasteiger charge is -2.51. The molecule has 0 aromatic rings. The van der Waals surface area contributed by atoms with Gasteiger partial charge in [-0.15, -0.1) is 0 Å². The molecule has 1 fully saturated rings. The molecule has 0 radical (unpaired) electrons. The summed E-state index contributed by atoms with van der Waals surface area (Å²) in [5.41, 5.74) is 0. The van der Waals surface area contributed by atoms with Crippen LogP contribution in [0.1, 0.15) is 25.7 Å². The van der Waals surface area contributed by atoms with E-state index < -0.39 is 24.8 Å². The monoisotopic (exact) mass is 331 g/mol. The van der Waals surface area contributed by atoms with Gasteiger partial charge in [-0.2, -0.15) is 0 Å². The molecule has 1 saturated carbocycles. The molecule has 1 rings (SSSR count). The zero-order valence-electron chi connectivity index (χ0n) is 15.3. The van der Waals surface area contributed by atoms with Gasteiger partial charge < -0.3 is 8.66 Å². The maximum Gasteiger partial charge on any atom is 0.184 e. The van der Waals surface area contributed by atoms with Crippen molar-refractivity contribution in [2.45, 2.75) is 96.8 Å². The van der Waals surface area contributed by atoms with E-state index in [-0.39, 0.29) is 0 Å². The summed E-state index contributed by atoms with van der Waals surface area (Å²) in [4.78, 5) is 0. The van der Waals surface area contributed by atoms with E-state index in [2.05, 4.69) is 63.2 Å². The van der Waals surface area contributed by atoms with Crippen LogP contribution < -0.4 is 0 Å². The SMILES string of the molecule is C[Si](C)(C)OC1CCC(N([Si](C)(C)C)[Si](C)(C)C)CC1. The molecule has 0 amide bonds. The topological polar surface area (TPSA) is 12.5 Å². The molecular weight excluding hydrogens is 294 g/mol. The summed E-state index contributed by atoms with van der Waals surface area (Å²) in [5, 5.41) is 0. The Balaban J connectivity index is 2.67. The van der Waals surface area contributed by atoms with Crippen molar-refractivity contribution in [2.24, 2.45) is 0 Å². The molecule has 0 unspecified atom stereocenters. The van der Waals surface area contributed by atoms with Gasteiger partial charge in [0.2, 0.25) is 0 Å². The molecule has 20 heavy (non-hydrogen) atoms. The van der Waals surface area contributed by atoms with Crippen molar-refractivity contribution in [3.05, 3.63) is 0 Å². The zero-order valence-corrected chi connectivity index (χ0v) is 18.3. The van der Waals surface area contributed by atoms with Gasteiger partial charge in [-0.1, -0.05) is 39.3 Å². The highest BCUT2D eigenvalue weighted by Crippen LogP contribution is 2.33. The molecule has 0 aromatic carbocycles. The fraction of sp³-hybridized carbons (Fsp3) is 1.00. The van der Waals surface area contributed by atoms with Crippen molar-refractivity contribution in [3.8, 4) is 0 Å². The summed E-state index contributed by atoms with van der Waals surface area (Å²) < 4.78 is 9.33. The third-order valence-corrected chi connectivity index (χ3v) is 12.7. The Hall–Kier alpha value is 0.571. The van der Waals surface area contributed by atoms with Gasteiger partial charge >= 0.3 is 0 Å². The highest BCUT2D eigenvalue weighted by atomic mass is 28.4. The van der Waals surface area contributed by atoms with Crippen LogP contribution in [0, 0.1) is 0 Å². The Morgan fingerprint density at radius 2 is 1.10 bits per heavy atom. The Morgan fingerprint density at radius 1 is 0.700 bits per heavy atom. The van der Waals surface area contributed by atoms with E-state index in [4.69, 9.17) is 4.43 Å². The lowest BCUT2D eigenvalue weighted by atomic mass is 9.94. The first-order valence-electron chi connectivity index (χ1n) is 8.28. The van der Waals surface area contributed by atoms with Crippen LogP contribution in [0.25, 0.3) is 0 Å². The molecule has 0 atom stereocenters. The minimum atomic E-state index is -1.36. The first-order chi connectivity index (χ1) is 8.81. The first-order valence-corrected chi connectivity index (χ1v) is 18.6. The van der Waals surface area contributed by atoms with Gasteiger partial charge in [0, 0.05) is 6.10 Å². The highest BCUT2D eigenvalue weighted by molar-refractivity contribution is 6.89. The van der Waals surface area contributed by atoms with Crippen molar-refractivity contribution >= 4 is 24.8 Å². The van der Waals surface area contributed by atoms with Crippen LogP contribution in [0.2, 0.25) is 58.9 Å². The predicted molar refractivity (Wildman–Crippen MR) is 99.0 cm³/mol. The maximum absolute atomic E-state index is 6.32. The Bertz CT molecular complexity index is 293. The molecule has 120 valence electrons. The lowest BCUT2D eigenvalue weighted by molar-refractivity contribution is 0.125. The summed E-state index contributed by atoms with van der Waals surface area (Å²) in [6.07, 6.45) is 5.80. The van der Waals surface area contributed by atoms with Crippen LogP contribution in [0.15, 0.2) is 0 Å². The molecule has 1 aliphatic rings. The van der Waals surface area contributed by atoms with Crippen LogP contribution in [-0.4, -0.2) is 41.2 Å². The largest absolute Gasteiger partial charge is 0.415 e.